The number of likely N-dealkylation sites (tertiary alicyclic amines) is 1. The number of carboxylic acid groups (broad SMARTS) is 1. The lowest BCUT2D eigenvalue weighted by Gasteiger charge is -2.35. The maximum atomic E-state index is 13.0. The molecule has 0 spiro atoms. The molecule has 1 amide bonds. The maximum absolute atomic E-state index is 13.0. The Kier molecular flexibility index (Phi) is 4.57. The van der Waals surface area contributed by atoms with Gasteiger partial charge in [0.1, 0.15) is 5.69 Å². The van der Waals surface area contributed by atoms with Gasteiger partial charge in [0.25, 0.3) is 5.91 Å². The molecule has 2 heterocycles. The van der Waals surface area contributed by atoms with Crippen molar-refractivity contribution in [1.29, 1.82) is 0 Å². The molecule has 1 aromatic carbocycles. The van der Waals surface area contributed by atoms with Crippen LogP contribution in [-0.4, -0.2) is 39.0 Å². The lowest BCUT2D eigenvalue weighted by molar-refractivity contribution is 0.0614. The van der Waals surface area contributed by atoms with E-state index in [2.05, 4.69) is 24.0 Å². The first-order chi connectivity index (χ1) is 11.9. The van der Waals surface area contributed by atoms with E-state index in [1.807, 2.05) is 23.1 Å². The van der Waals surface area contributed by atoms with Gasteiger partial charge in [-0.05, 0) is 50.8 Å². The highest BCUT2D eigenvalue weighted by Gasteiger charge is 2.40. The number of benzene rings is 1. The minimum atomic E-state index is -1.03. The SMILES string of the molecule is Cc1nc(C(=O)N2CCCC2(C)Cc2ccccc2)ccc1C(=O)O. The molecule has 1 N–H and O–H groups in total. The zero-order valence-corrected chi connectivity index (χ0v) is 14.5. The van der Waals surface area contributed by atoms with Crippen molar-refractivity contribution in [2.45, 2.75) is 38.6 Å². The highest BCUT2D eigenvalue weighted by atomic mass is 16.4. The molecule has 1 aromatic heterocycles. The molecule has 0 radical (unpaired) electrons. The highest BCUT2D eigenvalue weighted by molar-refractivity contribution is 5.95. The van der Waals surface area contributed by atoms with Crippen molar-refractivity contribution in [3.8, 4) is 0 Å². The minimum absolute atomic E-state index is 0.129. The van der Waals surface area contributed by atoms with E-state index >= 15 is 0 Å². The van der Waals surface area contributed by atoms with E-state index in [0.717, 1.165) is 19.3 Å². The standard InChI is InChI=1S/C20H22N2O3/c1-14-16(19(24)25)9-10-17(21-14)18(23)22-12-6-11-20(22,2)13-15-7-4-3-5-8-15/h3-5,7-10H,6,11-13H2,1-2H3,(H,24,25). The summed E-state index contributed by atoms with van der Waals surface area (Å²) < 4.78 is 0. The van der Waals surface area contributed by atoms with Crippen molar-refractivity contribution in [3.05, 3.63) is 65.0 Å². The first kappa shape index (κ1) is 17.1. The van der Waals surface area contributed by atoms with Crippen LogP contribution in [0.4, 0.5) is 0 Å². The first-order valence-electron chi connectivity index (χ1n) is 8.47. The van der Waals surface area contributed by atoms with Crippen molar-refractivity contribution in [2.24, 2.45) is 0 Å². The second kappa shape index (κ2) is 6.67. The fraction of sp³-hybridized carbons (Fsp3) is 0.350. The number of rotatable bonds is 4. The minimum Gasteiger partial charge on any atom is -0.478 e. The molecular weight excluding hydrogens is 316 g/mol. The fourth-order valence-electron chi connectivity index (χ4n) is 3.63. The van der Waals surface area contributed by atoms with Crippen LogP contribution >= 0.6 is 0 Å². The van der Waals surface area contributed by atoms with Gasteiger partial charge in [0.15, 0.2) is 0 Å². The second-order valence-corrected chi connectivity index (χ2v) is 6.85. The number of hydrogen-bond donors (Lipinski definition) is 1. The van der Waals surface area contributed by atoms with Gasteiger partial charge in [0.2, 0.25) is 0 Å². The van der Waals surface area contributed by atoms with Crippen LogP contribution < -0.4 is 0 Å². The molecule has 25 heavy (non-hydrogen) atoms. The van der Waals surface area contributed by atoms with Crippen molar-refractivity contribution in [2.75, 3.05) is 6.54 Å². The predicted molar refractivity (Wildman–Crippen MR) is 94.8 cm³/mol. The summed E-state index contributed by atoms with van der Waals surface area (Å²) in [6, 6.07) is 13.1. The number of carboxylic acids is 1. The third-order valence-corrected chi connectivity index (χ3v) is 4.96. The molecule has 0 bridgehead atoms. The number of aromatic carboxylic acids is 1. The third-order valence-electron chi connectivity index (χ3n) is 4.96. The average Bonchev–Trinajstić information content (AvgIpc) is 2.95. The number of aromatic nitrogens is 1. The lowest BCUT2D eigenvalue weighted by atomic mass is 9.90. The van der Waals surface area contributed by atoms with Crippen LogP contribution in [0.5, 0.6) is 0 Å². The number of nitrogens with zero attached hydrogens (tertiary/aromatic N) is 2. The van der Waals surface area contributed by atoms with E-state index in [-0.39, 0.29) is 17.0 Å². The summed E-state index contributed by atoms with van der Waals surface area (Å²) in [5.41, 5.74) is 1.76. The van der Waals surface area contributed by atoms with Crippen molar-refractivity contribution in [3.63, 3.8) is 0 Å². The quantitative estimate of drug-likeness (QED) is 0.928. The predicted octanol–water partition coefficient (Wildman–Crippen LogP) is 3.33. The Morgan fingerprint density at radius 1 is 1.20 bits per heavy atom. The molecule has 5 nitrogen and oxygen atoms in total. The Labute approximate surface area is 147 Å². The number of hydrogen-bond acceptors (Lipinski definition) is 3. The van der Waals surface area contributed by atoms with Gasteiger partial charge in [-0.3, -0.25) is 4.79 Å². The van der Waals surface area contributed by atoms with Gasteiger partial charge >= 0.3 is 5.97 Å². The van der Waals surface area contributed by atoms with Gasteiger partial charge in [-0.25, -0.2) is 9.78 Å². The molecular formula is C20H22N2O3. The van der Waals surface area contributed by atoms with Crippen LogP contribution in [0.15, 0.2) is 42.5 Å². The van der Waals surface area contributed by atoms with Crippen molar-refractivity contribution < 1.29 is 14.7 Å². The van der Waals surface area contributed by atoms with Gasteiger partial charge in [-0.1, -0.05) is 30.3 Å². The summed E-state index contributed by atoms with van der Waals surface area (Å²) in [7, 11) is 0. The van der Waals surface area contributed by atoms with Crippen LogP contribution in [0.3, 0.4) is 0 Å². The summed E-state index contributed by atoms with van der Waals surface area (Å²) in [6.45, 7) is 4.43. The molecule has 1 aliphatic heterocycles. The van der Waals surface area contributed by atoms with Crippen molar-refractivity contribution in [1.82, 2.24) is 9.88 Å². The molecule has 5 heteroatoms. The lowest BCUT2D eigenvalue weighted by Crippen LogP contribution is -2.47. The van der Waals surface area contributed by atoms with Gasteiger partial charge in [0.05, 0.1) is 11.3 Å². The second-order valence-electron chi connectivity index (χ2n) is 6.85. The number of carbonyl (C=O) groups excluding carboxylic acids is 1. The summed E-state index contributed by atoms with van der Waals surface area (Å²) in [5.74, 6) is -1.16. The normalized spacial score (nSPS) is 19.8. The molecule has 1 unspecified atom stereocenters. The first-order valence-corrected chi connectivity index (χ1v) is 8.47. The molecule has 1 fully saturated rings. The van der Waals surface area contributed by atoms with E-state index in [4.69, 9.17) is 5.11 Å². The van der Waals surface area contributed by atoms with Crippen LogP contribution in [-0.2, 0) is 6.42 Å². The average molecular weight is 338 g/mol. The zero-order chi connectivity index (χ0) is 18.0. The number of carbonyl (C=O) groups is 2. The Hall–Kier alpha value is -2.69. The molecule has 1 aliphatic rings. The Bertz CT molecular complexity index is 804. The summed E-state index contributed by atoms with van der Waals surface area (Å²) in [5, 5.41) is 9.12. The summed E-state index contributed by atoms with van der Waals surface area (Å²) in [4.78, 5) is 30.3. The van der Waals surface area contributed by atoms with E-state index < -0.39 is 5.97 Å². The topological polar surface area (TPSA) is 70.5 Å². The number of aryl methyl sites for hydroxylation is 1. The molecule has 130 valence electrons. The van der Waals surface area contributed by atoms with Crippen LogP contribution in [0.1, 0.15) is 51.9 Å². The summed E-state index contributed by atoms with van der Waals surface area (Å²) >= 11 is 0. The third kappa shape index (κ3) is 3.40. The largest absolute Gasteiger partial charge is 0.478 e. The number of pyridine rings is 1. The van der Waals surface area contributed by atoms with Gasteiger partial charge in [-0.15, -0.1) is 0 Å². The molecule has 2 aromatic rings. The van der Waals surface area contributed by atoms with Crippen LogP contribution in [0.25, 0.3) is 0 Å². The molecule has 1 saturated heterocycles. The van der Waals surface area contributed by atoms with E-state index in [1.165, 1.54) is 17.7 Å². The highest BCUT2D eigenvalue weighted by Crippen LogP contribution is 2.33. The van der Waals surface area contributed by atoms with Crippen LogP contribution in [0, 0.1) is 6.92 Å². The summed E-state index contributed by atoms with van der Waals surface area (Å²) in [6.07, 6.45) is 2.70. The van der Waals surface area contributed by atoms with Gasteiger partial charge < -0.3 is 10.0 Å². The van der Waals surface area contributed by atoms with E-state index in [9.17, 15) is 9.59 Å². The molecule has 0 saturated carbocycles. The smallest absolute Gasteiger partial charge is 0.337 e. The van der Waals surface area contributed by atoms with E-state index in [1.54, 1.807) is 6.92 Å². The van der Waals surface area contributed by atoms with Crippen molar-refractivity contribution >= 4 is 11.9 Å². The monoisotopic (exact) mass is 338 g/mol. The Morgan fingerprint density at radius 3 is 2.56 bits per heavy atom. The molecule has 0 aliphatic carbocycles. The molecule has 3 rings (SSSR count). The zero-order valence-electron chi connectivity index (χ0n) is 14.5. The Balaban J connectivity index is 1.85. The Morgan fingerprint density at radius 2 is 1.92 bits per heavy atom. The van der Waals surface area contributed by atoms with Gasteiger partial charge in [0, 0.05) is 12.1 Å². The fourth-order valence-corrected chi connectivity index (χ4v) is 3.63. The number of amides is 1. The maximum Gasteiger partial charge on any atom is 0.337 e. The van der Waals surface area contributed by atoms with E-state index in [0.29, 0.717) is 17.9 Å². The molecule has 1 atom stereocenters. The van der Waals surface area contributed by atoms with Crippen LogP contribution in [0.2, 0.25) is 0 Å². The van der Waals surface area contributed by atoms with Gasteiger partial charge in [-0.2, -0.15) is 0 Å².